The molecular weight excluding hydrogens is 781 g/mol. The first-order valence-corrected chi connectivity index (χ1v) is 22.4. The van der Waals surface area contributed by atoms with Crippen LogP contribution in [-0.2, 0) is 0 Å². The van der Waals surface area contributed by atoms with Gasteiger partial charge in [0, 0.05) is 58.8 Å². The minimum Gasteiger partial charge on any atom is -0.311 e. The summed E-state index contributed by atoms with van der Waals surface area (Å²) in [6.45, 7) is 0. The van der Waals surface area contributed by atoms with Crippen LogP contribution < -0.4 is 4.90 Å². The molecule has 0 unspecified atom stereocenters. The molecule has 0 saturated carbocycles. The van der Waals surface area contributed by atoms with Gasteiger partial charge in [0.25, 0.3) is 0 Å². The van der Waals surface area contributed by atoms with Gasteiger partial charge in [0.15, 0.2) is 0 Å². The molecule has 0 fully saturated rings. The number of aromatic nitrogens is 1. The molecule has 0 spiro atoms. The Hall–Kier alpha value is -7.98. The third kappa shape index (κ3) is 5.71. The Kier molecular flexibility index (Phi) is 8.12. The van der Waals surface area contributed by atoms with E-state index in [-0.39, 0.29) is 0 Å². The Morgan fingerprint density at radius 1 is 0.286 bits per heavy atom. The van der Waals surface area contributed by atoms with Crippen molar-refractivity contribution in [3.8, 4) is 33.4 Å². The molecule has 0 N–H and O–H groups in total. The van der Waals surface area contributed by atoms with Crippen molar-refractivity contribution in [1.82, 2.24) is 4.40 Å². The molecular formula is C60H38N2S. The number of hydrogen-bond donors (Lipinski definition) is 0. The Bertz CT molecular complexity index is 3780. The maximum atomic E-state index is 2.53. The van der Waals surface area contributed by atoms with Gasteiger partial charge in [-0.15, -0.1) is 11.3 Å². The number of thiophene rings is 1. The zero-order chi connectivity index (χ0) is 41.4. The lowest BCUT2D eigenvalue weighted by Crippen LogP contribution is -2.09. The van der Waals surface area contributed by atoms with Crippen LogP contribution in [0.5, 0.6) is 0 Å². The van der Waals surface area contributed by atoms with Crippen molar-refractivity contribution in [3.63, 3.8) is 0 Å². The van der Waals surface area contributed by atoms with Gasteiger partial charge in [0.2, 0.25) is 0 Å². The van der Waals surface area contributed by atoms with E-state index in [1.54, 1.807) is 0 Å². The second-order valence-electron chi connectivity index (χ2n) is 16.5. The van der Waals surface area contributed by atoms with E-state index >= 15 is 0 Å². The fourth-order valence-corrected chi connectivity index (χ4v) is 11.2. The normalized spacial score (nSPS) is 11.8. The van der Waals surface area contributed by atoms with E-state index in [9.17, 15) is 0 Å². The standard InChI is InChI=1S/C60H38N2S/c1-3-12-39(13-4-1)41-24-31-45(32-25-41)61(46-33-26-42(27-34-46)40-14-5-2-6-15-40)47-35-28-43(29-36-47)44-30-37-55-53(38-44)52-20-9-19-51-50-18-11-23-57-59(50)58-49(17-10-22-56(58)63-57)48-16-7-8-21-54(48)62(55)60(51)52/h1-38H. The molecule has 0 aliphatic heterocycles. The van der Waals surface area contributed by atoms with Crippen LogP contribution in [0.2, 0.25) is 0 Å². The van der Waals surface area contributed by atoms with Crippen LogP contribution in [0.25, 0.3) is 102 Å². The van der Waals surface area contributed by atoms with Gasteiger partial charge >= 0.3 is 0 Å². The molecule has 3 aromatic heterocycles. The first kappa shape index (κ1) is 35.7. The highest BCUT2D eigenvalue weighted by Crippen LogP contribution is 2.45. The van der Waals surface area contributed by atoms with Gasteiger partial charge in [-0.05, 0) is 111 Å². The monoisotopic (exact) mass is 818 g/mol. The SMILES string of the molecule is c1ccc(-c2ccc(N(c3ccc(-c4ccccc4)cc3)c3ccc(-c4ccc5c(c4)c4cccc6c7cccc8sc9cccc(c%10ccccc%10n5c64)c9c87)cc3)cc2)cc1. The third-order valence-corrected chi connectivity index (χ3v) is 14.1. The Labute approximate surface area is 368 Å². The predicted molar refractivity (Wildman–Crippen MR) is 271 cm³/mol. The Balaban J connectivity index is 0.970. The van der Waals surface area contributed by atoms with E-state index in [4.69, 9.17) is 0 Å². The van der Waals surface area contributed by atoms with Gasteiger partial charge in [-0.1, -0.05) is 164 Å². The van der Waals surface area contributed by atoms with Crippen molar-refractivity contribution in [2.24, 2.45) is 0 Å². The smallest absolute Gasteiger partial charge is 0.0619 e. The third-order valence-electron chi connectivity index (χ3n) is 13.0. The van der Waals surface area contributed by atoms with Crippen molar-refractivity contribution < 1.29 is 0 Å². The first-order valence-electron chi connectivity index (χ1n) is 21.6. The molecule has 0 saturated heterocycles. The fourth-order valence-electron chi connectivity index (χ4n) is 10.0. The Morgan fingerprint density at radius 3 is 1.25 bits per heavy atom. The molecule has 3 heterocycles. The van der Waals surface area contributed by atoms with Gasteiger partial charge in [-0.25, -0.2) is 0 Å². The molecule has 294 valence electrons. The molecule has 13 rings (SSSR count). The molecule has 63 heavy (non-hydrogen) atoms. The molecule has 0 radical (unpaired) electrons. The number of hydrogen-bond acceptors (Lipinski definition) is 2. The zero-order valence-corrected chi connectivity index (χ0v) is 35.1. The van der Waals surface area contributed by atoms with E-state index in [2.05, 4.69) is 240 Å². The van der Waals surface area contributed by atoms with E-state index < -0.39 is 0 Å². The quantitative estimate of drug-likeness (QED) is 0.162. The molecule has 0 atom stereocenters. The van der Waals surface area contributed by atoms with Gasteiger partial charge in [-0.2, -0.15) is 0 Å². The van der Waals surface area contributed by atoms with Gasteiger partial charge in [-0.3, -0.25) is 0 Å². The molecule has 13 aromatic rings. The van der Waals surface area contributed by atoms with Crippen LogP contribution in [0.15, 0.2) is 231 Å². The number of nitrogens with zero attached hydrogens (tertiary/aromatic N) is 2. The molecule has 3 heteroatoms. The summed E-state index contributed by atoms with van der Waals surface area (Å²) < 4.78 is 5.18. The average Bonchev–Trinajstić information content (AvgIpc) is 3.92. The fraction of sp³-hybridized carbons (Fsp3) is 0. The summed E-state index contributed by atoms with van der Waals surface area (Å²) in [5.41, 5.74) is 14.2. The molecule has 10 aromatic carbocycles. The van der Waals surface area contributed by atoms with Crippen LogP contribution in [0.4, 0.5) is 17.1 Å². The van der Waals surface area contributed by atoms with Gasteiger partial charge in [0.05, 0.1) is 16.6 Å². The maximum absolute atomic E-state index is 2.53. The van der Waals surface area contributed by atoms with Crippen molar-refractivity contribution in [2.75, 3.05) is 4.90 Å². The first-order chi connectivity index (χ1) is 31.2. The molecule has 0 bridgehead atoms. The van der Waals surface area contributed by atoms with E-state index in [0.717, 1.165) is 17.1 Å². The summed E-state index contributed by atoms with van der Waals surface area (Å²) in [6, 6.07) is 84.6. The highest BCUT2D eigenvalue weighted by Gasteiger charge is 2.19. The largest absolute Gasteiger partial charge is 0.311 e. The second kappa shape index (κ2) is 14.3. The van der Waals surface area contributed by atoms with E-state index in [1.165, 1.54) is 102 Å². The van der Waals surface area contributed by atoms with E-state index in [1.807, 2.05) is 11.3 Å². The van der Waals surface area contributed by atoms with Crippen LogP contribution in [0.3, 0.4) is 0 Å². The molecule has 0 amide bonds. The molecule has 0 aliphatic carbocycles. The lowest BCUT2D eigenvalue weighted by atomic mass is 9.99. The summed E-state index contributed by atoms with van der Waals surface area (Å²) in [5, 5.41) is 10.3. The maximum Gasteiger partial charge on any atom is 0.0619 e. The lowest BCUT2D eigenvalue weighted by Gasteiger charge is -2.26. The topological polar surface area (TPSA) is 7.65 Å². The summed E-state index contributed by atoms with van der Waals surface area (Å²) in [7, 11) is 0. The number of para-hydroxylation sites is 2. The van der Waals surface area contributed by atoms with Crippen molar-refractivity contribution in [1.29, 1.82) is 0 Å². The lowest BCUT2D eigenvalue weighted by molar-refractivity contribution is 1.28. The number of rotatable bonds is 6. The highest BCUT2D eigenvalue weighted by molar-refractivity contribution is 7.26. The van der Waals surface area contributed by atoms with Crippen LogP contribution >= 0.6 is 11.3 Å². The number of anilines is 3. The minimum atomic E-state index is 1.10. The second-order valence-corrected chi connectivity index (χ2v) is 17.5. The van der Waals surface area contributed by atoms with Crippen molar-refractivity contribution in [2.45, 2.75) is 0 Å². The summed E-state index contributed by atoms with van der Waals surface area (Å²) in [6.07, 6.45) is 0. The van der Waals surface area contributed by atoms with Gasteiger partial charge in [0.1, 0.15) is 0 Å². The predicted octanol–water partition coefficient (Wildman–Crippen LogP) is 17.4. The van der Waals surface area contributed by atoms with Gasteiger partial charge < -0.3 is 9.30 Å². The zero-order valence-electron chi connectivity index (χ0n) is 34.2. The minimum absolute atomic E-state index is 1.10. The van der Waals surface area contributed by atoms with E-state index in [0.29, 0.717) is 0 Å². The molecule has 2 nitrogen and oxygen atoms in total. The molecule has 0 aliphatic rings. The van der Waals surface area contributed by atoms with Crippen LogP contribution in [0.1, 0.15) is 0 Å². The number of fused-ring (bicyclic) bond motifs is 7. The van der Waals surface area contributed by atoms with Crippen molar-refractivity contribution >= 4 is 97.4 Å². The Morgan fingerprint density at radius 2 is 0.683 bits per heavy atom. The van der Waals surface area contributed by atoms with Crippen LogP contribution in [0, 0.1) is 0 Å². The highest BCUT2D eigenvalue weighted by atomic mass is 32.1. The summed E-state index contributed by atoms with van der Waals surface area (Å²) >= 11 is 1.89. The summed E-state index contributed by atoms with van der Waals surface area (Å²) in [5.74, 6) is 0. The summed E-state index contributed by atoms with van der Waals surface area (Å²) in [4.78, 5) is 2.35. The van der Waals surface area contributed by atoms with Crippen LogP contribution in [-0.4, -0.2) is 4.40 Å². The van der Waals surface area contributed by atoms with Crippen molar-refractivity contribution in [3.05, 3.63) is 231 Å². The average molecular weight is 819 g/mol. The number of benzene rings is 10.